The average Bonchev–Trinajstić information content (AvgIpc) is 1.94. The standard InChI is InChI=1S/C7H12F3NO/c8-1-6(12)4-11-2-5(3-11)7(9)10/h5-7,12H,1-4H2. The number of hydrogen-bond acceptors (Lipinski definition) is 2. The van der Waals surface area contributed by atoms with Crippen molar-refractivity contribution in [3.05, 3.63) is 0 Å². The third kappa shape index (κ3) is 2.35. The molecule has 1 N–H and O–H groups in total. The summed E-state index contributed by atoms with van der Waals surface area (Å²) in [5.74, 6) is -0.586. The fourth-order valence-corrected chi connectivity index (χ4v) is 1.27. The SMILES string of the molecule is OC(CF)CN1CC(C(F)F)C1. The summed E-state index contributed by atoms with van der Waals surface area (Å²) < 4.78 is 35.6. The van der Waals surface area contributed by atoms with Gasteiger partial charge in [0.05, 0.1) is 6.10 Å². The van der Waals surface area contributed by atoms with Crippen LogP contribution >= 0.6 is 0 Å². The molecule has 1 aliphatic heterocycles. The van der Waals surface area contributed by atoms with Gasteiger partial charge in [0.25, 0.3) is 0 Å². The molecule has 5 heteroatoms. The highest BCUT2D eigenvalue weighted by molar-refractivity contribution is 4.82. The Morgan fingerprint density at radius 1 is 1.42 bits per heavy atom. The van der Waals surface area contributed by atoms with E-state index < -0.39 is 25.1 Å². The van der Waals surface area contributed by atoms with Gasteiger partial charge in [-0.2, -0.15) is 0 Å². The summed E-state index contributed by atoms with van der Waals surface area (Å²) >= 11 is 0. The molecule has 0 bridgehead atoms. The lowest BCUT2D eigenvalue weighted by Crippen LogP contribution is -2.52. The largest absolute Gasteiger partial charge is 0.389 e. The number of hydrogen-bond donors (Lipinski definition) is 1. The summed E-state index contributed by atoms with van der Waals surface area (Å²) in [6, 6.07) is 0. The first-order valence-electron chi connectivity index (χ1n) is 3.88. The highest BCUT2D eigenvalue weighted by Crippen LogP contribution is 2.22. The van der Waals surface area contributed by atoms with Gasteiger partial charge in [0.15, 0.2) is 0 Å². The van der Waals surface area contributed by atoms with E-state index >= 15 is 0 Å². The molecule has 0 aromatic carbocycles. The maximum absolute atomic E-state index is 11.9. The molecule has 1 fully saturated rings. The van der Waals surface area contributed by atoms with Gasteiger partial charge in [-0.25, -0.2) is 13.2 Å². The molecule has 0 spiro atoms. The van der Waals surface area contributed by atoms with Gasteiger partial charge in [0, 0.05) is 25.6 Å². The van der Waals surface area contributed by atoms with E-state index in [1.165, 1.54) is 0 Å². The molecular weight excluding hydrogens is 171 g/mol. The van der Waals surface area contributed by atoms with Crippen molar-refractivity contribution >= 4 is 0 Å². The Labute approximate surface area is 69.0 Å². The fourth-order valence-electron chi connectivity index (χ4n) is 1.27. The van der Waals surface area contributed by atoms with Gasteiger partial charge in [-0.05, 0) is 0 Å². The Morgan fingerprint density at radius 3 is 2.42 bits per heavy atom. The monoisotopic (exact) mass is 183 g/mol. The van der Waals surface area contributed by atoms with E-state index in [2.05, 4.69) is 0 Å². The first-order valence-corrected chi connectivity index (χ1v) is 3.88. The summed E-state index contributed by atoms with van der Waals surface area (Å²) in [5.41, 5.74) is 0. The molecule has 0 aromatic heterocycles. The molecule has 1 unspecified atom stereocenters. The molecule has 0 amide bonds. The van der Waals surface area contributed by atoms with Crippen molar-refractivity contribution < 1.29 is 18.3 Å². The second-order valence-electron chi connectivity index (χ2n) is 3.12. The van der Waals surface area contributed by atoms with Crippen molar-refractivity contribution in [2.24, 2.45) is 5.92 Å². The number of aliphatic hydroxyl groups excluding tert-OH is 1. The van der Waals surface area contributed by atoms with E-state index in [1.807, 2.05) is 0 Å². The van der Waals surface area contributed by atoms with Crippen LogP contribution in [0.5, 0.6) is 0 Å². The third-order valence-corrected chi connectivity index (χ3v) is 1.99. The molecule has 1 saturated heterocycles. The smallest absolute Gasteiger partial charge is 0.243 e. The molecule has 0 aromatic rings. The van der Waals surface area contributed by atoms with Crippen LogP contribution in [0.1, 0.15) is 0 Å². The lowest BCUT2D eigenvalue weighted by Gasteiger charge is -2.39. The molecular formula is C7H12F3NO. The zero-order valence-corrected chi connectivity index (χ0v) is 6.59. The van der Waals surface area contributed by atoms with E-state index in [0.29, 0.717) is 0 Å². The molecule has 1 atom stereocenters. The van der Waals surface area contributed by atoms with Gasteiger partial charge in [-0.15, -0.1) is 0 Å². The van der Waals surface area contributed by atoms with Crippen molar-refractivity contribution in [1.29, 1.82) is 0 Å². The van der Waals surface area contributed by atoms with E-state index in [4.69, 9.17) is 5.11 Å². The Kier molecular flexibility index (Phi) is 3.34. The lowest BCUT2D eigenvalue weighted by atomic mass is 10.0. The third-order valence-electron chi connectivity index (χ3n) is 1.99. The normalized spacial score (nSPS) is 22.8. The summed E-state index contributed by atoms with van der Waals surface area (Å²) in [4.78, 5) is 1.63. The van der Waals surface area contributed by atoms with Gasteiger partial charge in [0.2, 0.25) is 6.43 Å². The number of halogens is 3. The Hall–Kier alpha value is -0.290. The topological polar surface area (TPSA) is 23.5 Å². The molecule has 1 heterocycles. The van der Waals surface area contributed by atoms with Gasteiger partial charge in [-0.3, -0.25) is 4.90 Å². The predicted octanol–water partition coefficient (Wildman–Crippen LogP) is 0.514. The van der Waals surface area contributed by atoms with E-state index in [0.717, 1.165) is 0 Å². The summed E-state index contributed by atoms with van der Waals surface area (Å²) in [6.45, 7) is -0.0982. The number of likely N-dealkylation sites (tertiary alicyclic amines) is 1. The Morgan fingerprint density at radius 2 is 2.00 bits per heavy atom. The molecule has 1 rings (SSSR count). The zero-order chi connectivity index (χ0) is 9.14. The molecule has 1 aliphatic rings. The number of nitrogens with zero attached hydrogens (tertiary/aromatic N) is 1. The van der Waals surface area contributed by atoms with Crippen LogP contribution in [0.25, 0.3) is 0 Å². The first-order chi connectivity index (χ1) is 5.63. The molecule has 72 valence electrons. The van der Waals surface area contributed by atoms with Crippen molar-refractivity contribution in [2.75, 3.05) is 26.3 Å². The number of rotatable bonds is 4. The van der Waals surface area contributed by atoms with Crippen LogP contribution in [-0.2, 0) is 0 Å². The van der Waals surface area contributed by atoms with Crippen molar-refractivity contribution in [3.8, 4) is 0 Å². The second kappa shape index (κ2) is 4.09. The summed E-state index contributed by atoms with van der Waals surface area (Å²) in [5, 5.41) is 8.81. The summed E-state index contributed by atoms with van der Waals surface area (Å²) in [7, 11) is 0. The number of alkyl halides is 3. The van der Waals surface area contributed by atoms with Crippen LogP contribution in [0, 0.1) is 5.92 Å². The first kappa shape index (κ1) is 9.80. The molecule has 0 aliphatic carbocycles. The lowest BCUT2D eigenvalue weighted by molar-refractivity contribution is -0.0429. The highest BCUT2D eigenvalue weighted by Gasteiger charge is 2.34. The zero-order valence-electron chi connectivity index (χ0n) is 6.59. The predicted molar refractivity (Wildman–Crippen MR) is 37.9 cm³/mol. The second-order valence-corrected chi connectivity index (χ2v) is 3.12. The molecule has 0 radical (unpaired) electrons. The van der Waals surface area contributed by atoms with Crippen LogP contribution in [0.3, 0.4) is 0 Å². The quantitative estimate of drug-likeness (QED) is 0.686. The minimum atomic E-state index is -2.29. The van der Waals surface area contributed by atoms with Crippen molar-refractivity contribution in [2.45, 2.75) is 12.5 Å². The van der Waals surface area contributed by atoms with Crippen LogP contribution in [-0.4, -0.2) is 48.8 Å². The summed E-state index contributed by atoms with van der Waals surface area (Å²) in [6.07, 6.45) is -3.31. The highest BCUT2D eigenvalue weighted by atomic mass is 19.3. The van der Waals surface area contributed by atoms with Gasteiger partial charge in [-0.1, -0.05) is 0 Å². The van der Waals surface area contributed by atoms with Gasteiger partial charge >= 0.3 is 0 Å². The minimum Gasteiger partial charge on any atom is -0.389 e. The molecule has 12 heavy (non-hydrogen) atoms. The van der Waals surface area contributed by atoms with Crippen LogP contribution in [0.2, 0.25) is 0 Å². The Bertz CT molecular complexity index is 139. The van der Waals surface area contributed by atoms with E-state index in [9.17, 15) is 13.2 Å². The van der Waals surface area contributed by atoms with Crippen LogP contribution in [0.15, 0.2) is 0 Å². The number of β-amino-alcohol motifs (C(OH)–C–C–N with tert-alkyl or cyclic N) is 1. The number of aliphatic hydroxyl groups is 1. The average molecular weight is 183 g/mol. The van der Waals surface area contributed by atoms with Crippen LogP contribution in [0.4, 0.5) is 13.2 Å². The fraction of sp³-hybridized carbons (Fsp3) is 1.00. The van der Waals surface area contributed by atoms with Gasteiger partial charge < -0.3 is 5.11 Å². The van der Waals surface area contributed by atoms with E-state index in [-0.39, 0.29) is 19.6 Å². The maximum Gasteiger partial charge on any atom is 0.243 e. The Balaban J connectivity index is 2.09. The molecule has 2 nitrogen and oxygen atoms in total. The van der Waals surface area contributed by atoms with Gasteiger partial charge in [0.1, 0.15) is 6.67 Å². The maximum atomic E-state index is 11.9. The van der Waals surface area contributed by atoms with E-state index in [1.54, 1.807) is 4.90 Å². The molecule has 0 saturated carbocycles. The van der Waals surface area contributed by atoms with Crippen molar-refractivity contribution in [1.82, 2.24) is 4.90 Å². The van der Waals surface area contributed by atoms with Crippen molar-refractivity contribution in [3.63, 3.8) is 0 Å². The van der Waals surface area contributed by atoms with Crippen LogP contribution < -0.4 is 0 Å². The minimum absolute atomic E-state index is 0.166.